The van der Waals surface area contributed by atoms with Crippen LogP contribution in [0.15, 0.2) is 0 Å². The first-order chi connectivity index (χ1) is 6.03. The van der Waals surface area contributed by atoms with Crippen molar-refractivity contribution < 1.29 is 4.79 Å². The van der Waals surface area contributed by atoms with Gasteiger partial charge >= 0.3 is 0 Å². The largest absolute Gasteiger partial charge is 0.350 e. The molecule has 1 amide bonds. The Balaban J connectivity index is 2.23. The summed E-state index contributed by atoms with van der Waals surface area (Å²) in [6.45, 7) is 3.89. The highest BCUT2D eigenvalue weighted by atomic mass is 35.5. The molecular weight excluding hydrogens is 186 g/mol. The maximum absolute atomic E-state index is 11.5. The van der Waals surface area contributed by atoms with Crippen LogP contribution in [0.3, 0.4) is 0 Å². The lowest BCUT2D eigenvalue weighted by atomic mass is 9.82. The van der Waals surface area contributed by atoms with Crippen molar-refractivity contribution in [1.82, 2.24) is 5.32 Å². The molecule has 2 nitrogen and oxygen atoms in total. The van der Waals surface area contributed by atoms with Crippen LogP contribution in [-0.4, -0.2) is 17.3 Å². The number of rotatable bonds is 4. The number of hydrogen-bond donors (Lipinski definition) is 1. The van der Waals surface area contributed by atoms with Crippen LogP contribution in [0, 0.1) is 5.92 Å². The maximum atomic E-state index is 11.5. The van der Waals surface area contributed by atoms with Gasteiger partial charge in [-0.3, -0.25) is 4.79 Å². The zero-order valence-corrected chi connectivity index (χ0v) is 9.16. The fourth-order valence-corrected chi connectivity index (χ4v) is 1.49. The Kier molecular flexibility index (Phi) is 3.60. The third-order valence-electron chi connectivity index (χ3n) is 2.51. The van der Waals surface area contributed by atoms with Crippen LogP contribution in [0.25, 0.3) is 0 Å². The summed E-state index contributed by atoms with van der Waals surface area (Å²) in [5, 5.41) is 2.93. The molecule has 1 aliphatic rings. The van der Waals surface area contributed by atoms with E-state index in [2.05, 4.69) is 5.32 Å². The second-order valence-electron chi connectivity index (χ2n) is 4.57. The quantitative estimate of drug-likeness (QED) is 0.699. The monoisotopic (exact) mass is 203 g/mol. The molecule has 0 atom stereocenters. The third kappa shape index (κ3) is 3.55. The smallest absolute Gasteiger partial charge is 0.220 e. The van der Waals surface area contributed by atoms with Gasteiger partial charge in [-0.2, -0.15) is 0 Å². The Labute approximate surface area is 85.0 Å². The van der Waals surface area contributed by atoms with E-state index in [1.807, 2.05) is 13.8 Å². The topological polar surface area (TPSA) is 29.1 Å². The molecule has 0 spiro atoms. The average Bonchev–Trinajstić information content (AvgIpc) is 1.96. The summed E-state index contributed by atoms with van der Waals surface area (Å²) in [6, 6.07) is 0. The molecule has 0 aliphatic heterocycles. The SMILES string of the molecule is CC(C)(CCl)NC(=O)CC1CCC1. The molecule has 0 radical (unpaired) electrons. The van der Waals surface area contributed by atoms with Gasteiger partial charge in [-0.05, 0) is 32.6 Å². The van der Waals surface area contributed by atoms with Crippen LogP contribution in [0.5, 0.6) is 0 Å². The summed E-state index contributed by atoms with van der Waals surface area (Å²) >= 11 is 5.71. The first-order valence-electron chi connectivity index (χ1n) is 4.90. The van der Waals surface area contributed by atoms with E-state index in [-0.39, 0.29) is 11.4 Å². The van der Waals surface area contributed by atoms with Crippen molar-refractivity contribution in [3.63, 3.8) is 0 Å². The van der Waals surface area contributed by atoms with E-state index in [9.17, 15) is 4.79 Å². The molecule has 0 aromatic heterocycles. The van der Waals surface area contributed by atoms with E-state index in [1.165, 1.54) is 19.3 Å². The molecule has 1 aliphatic carbocycles. The average molecular weight is 204 g/mol. The number of hydrogen-bond acceptors (Lipinski definition) is 1. The fourth-order valence-electron chi connectivity index (χ4n) is 1.42. The van der Waals surface area contributed by atoms with Crippen LogP contribution < -0.4 is 5.32 Å². The van der Waals surface area contributed by atoms with Crippen molar-refractivity contribution in [2.24, 2.45) is 5.92 Å². The minimum atomic E-state index is -0.262. The van der Waals surface area contributed by atoms with Crippen molar-refractivity contribution in [3.8, 4) is 0 Å². The van der Waals surface area contributed by atoms with Crippen LogP contribution >= 0.6 is 11.6 Å². The van der Waals surface area contributed by atoms with Gasteiger partial charge in [0.25, 0.3) is 0 Å². The van der Waals surface area contributed by atoms with Gasteiger partial charge in [0.15, 0.2) is 0 Å². The summed E-state index contributed by atoms with van der Waals surface area (Å²) in [6.07, 6.45) is 4.40. The van der Waals surface area contributed by atoms with Gasteiger partial charge in [-0.15, -0.1) is 11.6 Å². The molecule has 3 heteroatoms. The Morgan fingerprint density at radius 2 is 2.15 bits per heavy atom. The summed E-state index contributed by atoms with van der Waals surface area (Å²) in [4.78, 5) is 11.5. The number of nitrogens with one attached hydrogen (secondary N) is 1. The van der Waals surface area contributed by atoms with Crippen molar-refractivity contribution in [2.75, 3.05) is 5.88 Å². The Morgan fingerprint density at radius 1 is 1.54 bits per heavy atom. The van der Waals surface area contributed by atoms with E-state index in [0.29, 0.717) is 18.2 Å². The molecule has 1 fully saturated rings. The van der Waals surface area contributed by atoms with Crippen LogP contribution in [0.1, 0.15) is 39.5 Å². The number of carbonyl (C=O) groups is 1. The second kappa shape index (κ2) is 4.32. The van der Waals surface area contributed by atoms with E-state index in [4.69, 9.17) is 11.6 Å². The molecule has 0 aromatic carbocycles. The molecule has 13 heavy (non-hydrogen) atoms. The van der Waals surface area contributed by atoms with E-state index in [1.54, 1.807) is 0 Å². The highest BCUT2D eigenvalue weighted by Crippen LogP contribution is 2.29. The molecule has 1 rings (SSSR count). The van der Waals surface area contributed by atoms with Gasteiger partial charge < -0.3 is 5.32 Å². The normalized spacial score (nSPS) is 18.1. The van der Waals surface area contributed by atoms with Gasteiger partial charge in [0.05, 0.1) is 0 Å². The third-order valence-corrected chi connectivity index (χ3v) is 3.18. The van der Waals surface area contributed by atoms with Crippen LogP contribution in [0.4, 0.5) is 0 Å². The fraction of sp³-hybridized carbons (Fsp3) is 0.900. The Morgan fingerprint density at radius 3 is 2.54 bits per heavy atom. The predicted molar refractivity (Wildman–Crippen MR) is 54.9 cm³/mol. The summed E-state index contributed by atoms with van der Waals surface area (Å²) < 4.78 is 0. The zero-order valence-electron chi connectivity index (χ0n) is 8.40. The van der Waals surface area contributed by atoms with Gasteiger partial charge in [0, 0.05) is 17.8 Å². The number of halogens is 1. The van der Waals surface area contributed by atoms with Gasteiger partial charge in [-0.1, -0.05) is 6.42 Å². The molecule has 1 N–H and O–H groups in total. The first-order valence-corrected chi connectivity index (χ1v) is 5.44. The molecule has 1 saturated carbocycles. The summed E-state index contributed by atoms with van der Waals surface area (Å²) in [7, 11) is 0. The van der Waals surface area contributed by atoms with Crippen molar-refractivity contribution in [2.45, 2.75) is 45.1 Å². The number of amides is 1. The minimum Gasteiger partial charge on any atom is -0.350 e. The van der Waals surface area contributed by atoms with E-state index in [0.717, 1.165) is 0 Å². The first kappa shape index (κ1) is 10.8. The van der Waals surface area contributed by atoms with Gasteiger partial charge in [-0.25, -0.2) is 0 Å². The highest BCUT2D eigenvalue weighted by molar-refractivity contribution is 6.18. The molecule has 76 valence electrons. The second-order valence-corrected chi connectivity index (χ2v) is 4.83. The molecule has 0 saturated heterocycles. The standard InChI is InChI=1S/C10H18ClNO/c1-10(2,7-11)12-9(13)6-8-4-3-5-8/h8H,3-7H2,1-2H3,(H,12,13). The van der Waals surface area contributed by atoms with Crippen molar-refractivity contribution in [3.05, 3.63) is 0 Å². The molecular formula is C10H18ClNO. The van der Waals surface area contributed by atoms with E-state index < -0.39 is 0 Å². The van der Waals surface area contributed by atoms with Gasteiger partial charge in [0.2, 0.25) is 5.91 Å². The highest BCUT2D eigenvalue weighted by Gasteiger charge is 2.24. The lowest BCUT2D eigenvalue weighted by molar-refractivity contribution is -0.123. The predicted octanol–water partition coefficient (Wildman–Crippen LogP) is 2.31. The van der Waals surface area contributed by atoms with Crippen LogP contribution in [-0.2, 0) is 4.79 Å². The number of alkyl halides is 1. The van der Waals surface area contributed by atoms with Crippen molar-refractivity contribution >= 4 is 17.5 Å². The zero-order chi connectivity index (χ0) is 9.90. The molecule has 0 bridgehead atoms. The summed E-state index contributed by atoms with van der Waals surface area (Å²) in [5.74, 6) is 1.24. The molecule has 0 aromatic rings. The molecule has 0 unspecified atom stereocenters. The maximum Gasteiger partial charge on any atom is 0.220 e. The number of carbonyl (C=O) groups excluding carboxylic acids is 1. The van der Waals surface area contributed by atoms with Crippen LogP contribution in [0.2, 0.25) is 0 Å². The summed E-state index contributed by atoms with van der Waals surface area (Å²) in [5.41, 5.74) is -0.262. The van der Waals surface area contributed by atoms with Gasteiger partial charge in [0.1, 0.15) is 0 Å². The van der Waals surface area contributed by atoms with E-state index >= 15 is 0 Å². The molecule has 0 heterocycles. The Bertz CT molecular complexity index is 187. The Hall–Kier alpha value is -0.240. The lowest BCUT2D eigenvalue weighted by Crippen LogP contribution is -2.45. The lowest BCUT2D eigenvalue weighted by Gasteiger charge is -2.28. The van der Waals surface area contributed by atoms with Crippen molar-refractivity contribution in [1.29, 1.82) is 0 Å². The minimum absolute atomic E-state index is 0.148.